The molecule has 0 heterocycles. The average Bonchev–Trinajstić information content (AvgIpc) is 2.16. The lowest BCUT2D eigenvalue weighted by Gasteiger charge is -2.19. The molecule has 0 radical (unpaired) electrons. The van der Waals surface area contributed by atoms with Crippen molar-refractivity contribution in [3.05, 3.63) is 34.9 Å². The molecular formula is C12H16ClF2N. The second kappa shape index (κ2) is 6.16. The first kappa shape index (κ1) is 13.4. The highest BCUT2D eigenvalue weighted by Crippen LogP contribution is 2.12. The summed E-state index contributed by atoms with van der Waals surface area (Å²) in [6.07, 6.45) is -1.64. The molecule has 0 saturated heterocycles. The molecular weight excluding hydrogens is 232 g/mol. The van der Waals surface area contributed by atoms with Gasteiger partial charge in [0.2, 0.25) is 0 Å². The molecule has 2 atom stereocenters. The molecule has 0 fully saturated rings. The van der Waals surface area contributed by atoms with E-state index in [4.69, 9.17) is 11.6 Å². The fourth-order valence-corrected chi connectivity index (χ4v) is 1.81. The molecule has 2 unspecified atom stereocenters. The summed E-state index contributed by atoms with van der Waals surface area (Å²) in [4.78, 5) is 0. The lowest BCUT2D eigenvalue weighted by Crippen LogP contribution is -2.40. The summed E-state index contributed by atoms with van der Waals surface area (Å²) >= 11 is 5.84. The van der Waals surface area contributed by atoms with Gasteiger partial charge in [-0.05, 0) is 38.0 Å². The van der Waals surface area contributed by atoms with Gasteiger partial charge < -0.3 is 5.32 Å². The molecule has 4 heteroatoms. The number of nitrogens with one attached hydrogen (secondary N) is 1. The van der Waals surface area contributed by atoms with Gasteiger partial charge in [0, 0.05) is 11.1 Å². The number of hydrogen-bond donors (Lipinski definition) is 1. The smallest absolute Gasteiger partial charge is 0.253 e. The SMILES string of the molecule is CC(Cc1cccc(Cl)c1)NC(C)C(F)F. The number of alkyl halides is 2. The van der Waals surface area contributed by atoms with Gasteiger partial charge in [-0.15, -0.1) is 0 Å². The van der Waals surface area contributed by atoms with Crippen LogP contribution in [0.15, 0.2) is 24.3 Å². The second-order valence-electron chi connectivity index (χ2n) is 4.02. The number of halogens is 3. The van der Waals surface area contributed by atoms with Crippen LogP contribution in [-0.4, -0.2) is 18.5 Å². The molecule has 1 aromatic rings. The van der Waals surface area contributed by atoms with E-state index in [0.717, 1.165) is 5.56 Å². The van der Waals surface area contributed by atoms with Crippen molar-refractivity contribution in [1.29, 1.82) is 0 Å². The second-order valence-corrected chi connectivity index (χ2v) is 4.46. The van der Waals surface area contributed by atoms with E-state index in [1.54, 1.807) is 6.07 Å². The standard InChI is InChI=1S/C12H16ClF2N/c1-8(16-9(2)12(14)15)6-10-4-3-5-11(13)7-10/h3-5,7-9,12,16H,6H2,1-2H3. The van der Waals surface area contributed by atoms with Gasteiger partial charge in [0.15, 0.2) is 0 Å². The molecule has 1 aromatic carbocycles. The van der Waals surface area contributed by atoms with E-state index in [1.807, 2.05) is 25.1 Å². The van der Waals surface area contributed by atoms with E-state index in [2.05, 4.69) is 5.32 Å². The molecule has 0 spiro atoms. The Kier molecular flexibility index (Phi) is 5.16. The zero-order valence-corrected chi connectivity index (χ0v) is 10.1. The first-order valence-corrected chi connectivity index (χ1v) is 5.65. The zero-order valence-electron chi connectivity index (χ0n) is 9.38. The lowest BCUT2D eigenvalue weighted by molar-refractivity contribution is 0.101. The maximum Gasteiger partial charge on any atom is 0.253 e. The third-order valence-electron chi connectivity index (χ3n) is 2.36. The fraction of sp³-hybridized carbons (Fsp3) is 0.500. The third-order valence-corrected chi connectivity index (χ3v) is 2.59. The Morgan fingerprint density at radius 2 is 2.00 bits per heavy atom. The van der Waals surface area contributed by atoms with Gasteiger partial charge in [0.05, 0.1) is 6.04 Å². The number of hydrogen-bond acceptors (Lipinski definition) is 1. The van der Waals surface area contributed by atoms with Gasteiger partial charge in [-0.3, -0.25) is 0 Å². The summed E-state index contributed by atoms with van der Waals surface area (Å²) in [6.45, 7) is 3.37. The topological polar surface area (TPSA) is 12.0 Å². The van der Waals surface area contributed by atoms with E-state index in [9.17, 15) is 8.78 Å². The molecule has 0 aliphatic carbocycles. The number of rotatable bonds is 5. The van der Waals surface area contributed by atoms with Crippen molar-refractivity contribution >= 4 is 11.6 Å². The van der Waals surface area contributed by atoms with Crippen molar-refractivity contribution in [3.8, 4) is 0 Å². The molecule has 1 N–H and O–H groups in total. The van der Waals surface area contributed by atoms with E-state index >= 15 is 0 Å². The van der Waals surface area contributed by atoms with E-state index in [1.165, 1.54) is 6.92 Å². The molecule has 0 aromatic heterocycles. The Bertz CT molecular complexity index is 331. The van der Waals surface area contributed by atoms with Gasteiger partial charge >= 0.3 is 0 Å². The van der Waals surface area contributed by atoms with Crippen LogP contribution >= 0.6 is 11.6 Å². The third kappa shape index (κ3) is 4.45. The minimum Gasteiger partial charge on any atom is -0.306 e. The van der Waals surface area contributed by atoms with Crippen molar-refractivity contribution in [3.63, 3.8) is 0 Å². The molecule has 0 aliphatic heterocycles. The van der Waals surface area contributed by atoms with Crippen LogP contribution in [0.1, 0.15) is 19.4 Å². The predicted octanol–water partition coefficient (Wildman–Crippen LogP) is 3.51. The Labute approximate surface area is 99.8 Å². The Morgan fingerprint density at radius 1 is 1.31 bits per heavy atom. The number of benzene rings is 1. The molecule has 1 nitrogen and oxygen atoms in total. The van der Waals surface area contributed by atoms with Crippen LogP contribution in [0.25, 0.3) is 0 Å². The van der Waals surface area contributed by atoms with E-state index < -0.39 is 12.5 Å². The largest absolute Gasteiger partial charge is 0.306 e. The summed E-state index contributed by atoms with van der Waals surface area (Å²) in [7, 11) is 0. The Balaban J connectivity index is 2.48. The van der Waals surface area contributed by atoms with E-state index in [0.29, 0.717) is 11.4 Å². The quantitative estimate of drug-likeness (QED) is 0.840. The molecule has 1 rings (SSSR count). The van der Waals surface area contributed by atoms with Crippen LogP contribution in [0, 0.1) is 0 Å². The highest BCUT2D eigenvalue weighted by molar-refractivity contribution is 6.30. The molecule has 16 heavy (non-hydrogen) atoms. The van der Waals surface area contributed by atoms with Crippen molar-refractivity contribution in [2.45, 2.75) is 38.8 Å². The average molecular weight is 248 g/mol. The van der Waals surface area contributed by atoms with Crippen LogP contribution in [-0.2, 0) is 6.42 Å². The summed E-state index contributed by atoms with van der Waals surface area (Å²) in [6, 6.07) is 6.67. The maximum atomic E-state index is 12.3. The van der Waals surface area contributed by atoms with Crippen molar-refractivity contribution in [2.24, 2.45) is 0 Å². The minimum atomic E-state index is -2.33. The minimum absolute atomic E-state index is 0.00228. The van der Waals surface area contributed by atoms with Crippen LogP contribution < -0.4 is 5.32 Å². The zero-order chi connectivity index (χ0) is 12.1. The van der Waals surface area contributed by atoms with Gasteiger partial charge in [0.1, 0.15) is 0 Å². The fourth-order valence-electron chi connectivity index (χ4n) is 1.60. The molecule has 0 amide bonds. The highest BCUT2D eigenvalue weighted by Gasteiger charge is 2.16. The predicted molar refractivity (Wildman–Crippen MR) is 63.2 cm³/mol. The van der Waals surface area contributed by atoms with Crippen molar-refractivity contribution < 1.29 is 8.78 Å². The lowest BCUT2D eigenvalue weighted by atomic mass is 10.1. The Morgan fingerprint density at radius 3 is 2.56 bits per heavy atom. The monoisotopic (exact) mass is 247 g/mol. The summed E-state index contributed by atoms with van der Waals surface area (Å²) in [5.41, 5.74) is 1.05. The summed E-state index contributed by atoms with van der Waals surface area (Å²) in [5, 5.41) is 3.53. The van der Waals surface area contributed by atoms with E-state index in [-0.39, 0.29) is 6.04 Å². The maximum absolute atomic E-state index is 12.3. The highest BCUT2D eigenvalue weighted by atomic mass is 35.5. The van der Waals surface area contributed by atoms with Gasteiger partial charge in [-0.25, -0.2) is 8.78 Å². The van der Waals surface area contributed by atoms with Gasteiger partial charge in [-0.2, -0.15) is 0 Å². The summed E-state index contributed by atoms with van der Waals surface area (Å²) in [5.74, 6) is 0. The van der Waals surface area contributed by atoms with Crippen molar-refractivity contribution in [1.82, 2.24) is 5.32 Å². The molecule has 90 valence electrons. The van der Waals surface area contributed by atoms with Gasteiger partial charge in [-0.1, -0.05) is 23.7 Å². The first-order chi connectivity index (χ1) is 7.49. The van der Waals surface area contributed by atoms with Crippen LogP contribution in [0.3, 0.4) is 0 Å². The normalized spacial score (nSPS) is 15.1. The van der Waals surface area contributed by atoms with Crippen LogP contribution in [0.4, 0.5) is 8.78 Å². The van der Waals surface area contributed by atoms with Crippen LogP contribution in [0.2, 0.25) is 5.02 Å². The molecule has 0 aliphatic rings. The van der Waals surface area contributed by atoms with Crippen molar-refractivity contribution in [2.75, 3.05) is 0 Å². The van der Waals surface area contributed by atoms with Crippen LogP contribution in [0.5, 0.6) is 0 Å². The first-order valence-electron chi connectivity index (χ1n) is 5.27. The Hall–Kier alpha value is -0.670. The molecule has 0 saturated carbocycles. The summed E-state index contributed by atoms with van der Waals surface area (Å²) < 4.78 is 24.6. The van der Waals surface area contributed by atoms with Gasteiger partial charge in [0.25, 0.3) is 6.43 Å². The molecule has 0 bridgehead atoms.